The van der Waals surface area contributed by atoms with Crippen LogP contribution in [0.5, 0.6) is 0 Å². The normalized spacial score (nSPS) is 17.4. The number of likely N-dealkylation sites (tertiary alicyclic amines) is 1. The summed E-state index contributed by atoms with van der Waals surface area (Å²) in [4.78, 5) is 40.0. The zero-order valence-electron chi connectivity index (χ0n) is 19.6. The highest BCUT2D eigenvalue weighted by Crippen LogP contribution is 2.40. The Kier molecular flexibility index (Phi) is 6.48. The molecule has 1 aromatic heterocycles. The van der Waals surface area contributed by atoms with Crippen LogP contribution in [0.4, 0.5) is 5.69 Å². The maximum Gasteiger partial charge on any atom is 0.295 e. The number of nitro groups is 1. The van der Waals surface area contributed by atoms with E-state index in [2.05, 4.69) is 5.10 Å². The first-order valence-electron chi connectivity index (χ1n) is 11.0. The van der Waals surface area contributed by atoms with Crippen LogP contribution in [0.2, 0.25) is 0 Å². The second kappa shape index (κ2) is 9.51. The SMILES string of the molecule is Cc1c(/C(O)=C2\C(=O)C(=O)N(CCN(C)C)[C@@H]2c2ccc([N+](=O)[O-])cc2)cnn1-c1ccccc1. The van der Waals surface area contributed by atoms with Gasteiger partial charge in [-0.05, 0) is 50.8 Å². The van der Waals surface area contributed by atoms with Crippen LogP contribution >= 0.6 is 0 Å². The number of Topliss-reactive ketones (excluding diaryl/α,β-unsaturated/α-hetero) is 1. The molecule has 0 radical (unpaired) electrons. The number of carbonyl (C=O) groups excluding carboxylic acids is 2. The lowest BCUT2D eigenvalue weighted by Gasteiger charge is -2.26. The molecule has 10 heteroatoms. The van der Waals surface area contributed by atoms with Crippen LogP contribution in [-0.2, 0) is 9.59 Å². The summed E-state index contributed by atoms with van der Waals surface area (Å²) in [5.74, 6) is -1.87. The fourth-order valence-electron chi connectivity index (χ4n) is 4.16. The van der Waals surface area contributed by atoms with E-state index in [9.17, 15) is 24.8 Å². The van der Waals surface area contributed by atoms with Crippen molar-refractivity contribution < 1.29 is 19.6 Å². The number of para-hydroxylation sites is 1. The molecule has 2 heterocycles. The number of aliphatic hydroxyl groups is 1. The standard InChI is InChI=1S/C25H25N5O5/c1-16-20(15-26-29(16)18-7-5-4-6-8-18)23(31)21-22(17-9-11-19(12-10-17)30(34)35)28(14-13-27(2)3)25(33)24(21)32/h4-12,15,22,31H,13-14H2,1-3H3/b23-21+/t22-/m1/s1. The molecule has 3 aromatic rings. The van der Waals surface area contributed by atoms with E-state index in [-0.39, 0.29) is 23.6 Å². The quantitative estimate of drug-likeness (QED) is 0.183. The molecule has 35 heavy (non-hydrogen) atoms. The second-order valence-corrected chi connectivity index (χ2v) is 8.54. The molecule has 0 spiro atoms. The Balaban J connectivity index is 1.84. The molecule has 10 nitrogen and oxygen atoms in total. The number of aromatic nitrogens is 2. The van der Waals surface area contributed by atoms with Gasteiger partial charge >= 0.3 is 0 Å². The molecule has 1 atom stereocenters. The third-order valence-electron chi connectivity index (χ3n) is 6.01. The van der Waals surface area contributed by atoms with Crippen molar-refractivity contribution >= 4 is 23.1 Å². The summed E-state index contributed by atoms with van der Waals surface area (Å²) in [6.07, 6.45) is 1.46. The Morgan fingerprint density at radius 2 is 1.77 bits per heavy atom. The van der Waals surface area contributed by atoms with Crippen molar-refractivity contribution in [1.82, 2.24) is 19.6 Å². The molecule has 0 unspecified atom stereocenters. The van der Waals surface area contributed by atoms with Gasteiger partial charge in [0.05, 0.1) is 39.7 Å². The lowest BCUT2D eigenvalue weighted by atomic mass is 9.95. The molecule has 0 bridgehead atoms. The number of ketones is 1. The molecule has 2 aromatic carbocycles. The van der Waals surface area contributed by atoms with Gasteiger partial charge in [0.1, 0.15) is 5.76 Å². The largest absolute Gasteiger partial charge is 0.507 e. The molecule has 1 aliphatic rings. The number of nitro benzene ring substituents is 1. The molecule has 1 fully saturated rings. The maximum atomic E-state index is 13.2. The van der Waals surface area contributed by atoms with Crippen molar-refractivity contribution in [2.45, 2.75) is 13.0 Å². The van der Waals surface area contributed by atoms with Gasteiger partial charge in [0, 0.05) is 25.2 Å². The van der Waals surface area contributed by atoms with Gasteiger partial charge < -0.3 is 14.9 Å². The highest BCUT2D eigenvalue weighted by molar-refractivity contribution is 6.46. The van der Waals surface area contributed by atoms with E-state index < -0.39 is 22.7 Å². The molecule has 1 saturated heterocycles. The predicted octanol–water partition coefficient (Wildman–Crippen LogP) is 3.07. The summed E-state index contributed by atoms with van der Waals surface area (Å²) in [7, 11) is 3.69. The predicted molar refractivity (Wildman–Crippen MR) is 129 cm³/mol. The molecular formula is C25H25N5O5. The molecule has 1 aliphatic heterocycles. The van der Waals surface area contributed by atoms with Gasteiger partial charge in [-0.3, -0.25) is 19.7 Å². The van der Waals surface area contributed by atoms with Crippen molar-refractivity contribution in [3.05, 3.63) is 93.3 Å². The first kappa shape index (κ1) is 23.8. The average molecular weight is 476 g/mol. The van der Waals surface area contributed by atoms with Crippen molar-refractivity contribution in [2.24, 2.45) is 0 Å². The minimum Gasteiger partial charge on any atom is -0.507 e. The minimum absolute atomic E-state index is 0.0710. The van der Waals surface area contributed by atoms with Crippen LogP contribution in [0, 0.1) is 17.0 Å². The van der Waals surface area contributed by atoms with Gasteiger partial charge in [0.25, 0.3) is 17.4 Å². The number of carbonyl (C=O) groups is 2. The van der Waals surface area contributed by atoms with Crippen LogP contribution < -0.4 is 0 Å². The van der Waals surface area contributed by atoms with E-state index >= 15 is 0 Å². The number of aliphatic hydroxyl groups excluding tert-OH is 1. The van der Waals surface area contributed by atoms with E-state index in [1.807, 2.05) is 49.3 Å². The number of nitrogens with zero attached hydrogens (tertiary/aromatic N) is 5. The third kappa shape index (κ3) is 4.43. The minimum atomic E-state index is -0.893. The van der Waals surface area contributed by atoms with Gasteiger partial charge in [0.2, 0.25) is 0 Å². The molecule has 1 N–H and O–H groups in total. The van der Waals surface area contributed by atoms with Crippen LogP contribution in [0.1, 0.15) is 22.9 Å². The maximum absolute atomic E-state index is 13.2. The van der Waals surface area contributed by atoms with Gasteiger partial charge in [-0.2, -0.15) is 5.10 Å². The van der Waals surface area contributed by atoms with Gasteiger partial charge in [0.15, 0.2) is 0 Å². The van der Waals surface area contributed by atoms with Crippen LogP contribution in [-0.4, -0.2) is 68.5 Å². The van der Waals surface area contributed by atoms with Crippen molar-refractivity contribution in [3.63, 3.8) is 0 Å². The molecular weight excluding hydrogens is 450 g/mol. The second-order valence-electron chi connectivity index (χ2n) is 8.54. The Hall–Kier alpha value is -4.31. The molecule has 4 rings (SSSR count). The number of amides is 1. The number of rotatable bonds is 7. The summed E-state index contributed by atoms with van der Waals surface area (Å²) in [5.41, 5.74) is 2.00. The summed E-state index contributed by atoms with van der Waals surface area (Å²) in [6.45, 7) is 2.48. The number of non-ortho nitro benzene ring substituents is 1. The van der Waals surface area contributed by atoms with E-state index in [0.29, 0.717) is 23.4 Å². The fourth-order valence-corrected chi connectivity index (χ4v) is 4.16. The number of benzene rings is 2. The fraction of sp³-hybridized carbons (Fsp3) is 0.240. The number of hydrogen-bond acceptors (Lipinski definition) is 7. The van der Waals surface area contributed by atoms with Crippen molar-refractivity contribution in [2.75, 3.05) is 27.2 Å². The van der Waals surface area contributed by atoms with E-state index in [1.165, 1.54) is 35.4 Å². The molecule has 1 amide bonds. The number of hydrogen-bond donors (Lipinski definition) is 1. The summed E-state index contributed by atoms with van der Waals surface area (Å²) >= 11 is 0. The summed E-state index contributed by atoms with van der Waals surface area (Å²) in [5, 5.41) is 26.8. The number of likely N-dealkylation sites (N-methyl/N-ethyl adjacent to an activating group) is 1. The first-order chi connectivity index (χ1) is 16.7. The Morgan fingerprint density at radius 1 is 1.11 bits per heavy atom. The van der Waals surface area contributed by atoms with Crippen molar-refractivity contribution in [1.29, 1.82) is 0 Å². The zero-order chi connectivity index (χ0) is 25.3. The molecule has 180 valence electrons. The van der Waals surface area contributed by atoms with Crippen LogP contribution in [0.15, 0.2) is 66.4 Å². The van der Waals surface area contributed by atoms with E-state index in [1.54, 1.807) is 11.6 Å². The topological polar surface area (TPSA) is 122 Å². The Labute approximate surface area is 201 Å². The van der Waals surface area contributed by atoms with Crippen LogP contribution in [0.3, 0.4) is 0 Å². The van der Waals surface area contributed by atoms with Gasteiger partial charge in [-0.1, -0.05) is 18.2 Å². The third-order valence-corrected chi connectivity index (χ3v) is 6.01. The highest BCUT2D eigenvalue weighted by Gasteiger charge is 2.46. The lowest BCUT2D eigenvalue weighted by Crippen LogP contribution is -2.35. The highest BCUT2D eigenvalue weighted by atomic mass is 16.6. The Morgan fingerprint density at radius 3 is 2.37 bits per heavy atom. The zero-order valence-corrected chi connectivity index (χ0v) is 19.6. The molecule has 0 saturated carbocycles. The monoisotopic (exact) mass is 475 g/mol. The molecule has 0 aliphatic carbocycles. The van der Waals surface area contributed by atoms with E-state index in [4.69, 9.17) is 0 Å². The smallest absolute Gasteiger partial charge is 0.295 e. The van der Waals surface area contributed by atoms with Gasteiger partial charge in [-0.25, -0.2) is 4.68 Å². The Bertz CT molecular complexity index is 1310. The van der Waals surface area contributed by atoms with Crippen molar-refractivity contribution in [3.8, 4) is 5.69 Å². The first-order valence-corrected chi connectivity index (χ1v) is 11.0. The van der Waals surface area contributed by atoms with Crippen LogP contribution in [0.25, 0.3) is 11.4 Å². The average Bonchev–Trinajstić information content (AvgIpc) is 3.35. The summed E-state index contributed by atoms with van der Waals surface area (Å²) < 4.78 is 1.64. The lowest BCUT2D eigenvalue weighted by molar-refractivity contribution is -0.384. The summed E-state index contributed by atoms with van der Waals surface area (Å²) in [6, 6.07) is 14.1. The van der Waals surface area contributed by atoms with E-state index in [0.717, 1.165) is 5.69 Å². The van der Waals surface area contributed by atoms with Gasteiger partial charge in [-0.15, -0.1) is 0 Å².